The molecule has 0 saturated carbocycles. The highest BCUT2D eigenvalue weighted by atomic mass is 32.2. The van der Waals surface area contributed by atoms with Gasteiger partial charge < -0.3 is 10.2 Å². The first-order chi connectivity index (χ1) is 16.5. The van der Waals surface area contributed by atoms with E-state index in [0.717, 1.165) is 23.2 Å². The van der Waals surface area contributed by atoms with Crippen molar-refractivity contribution < 1.29 is 40.4 Å². The lowest BCUT2D eigenvalue weighted by Crippen LogP contribution is -2.50. The Balaban J connectivity index is 1.80. The van der Waals surface area contributed by atoms with E-state index < -0.39 is 52.2 Å². The van der Waals surface area contributed by atoms with Gasteiger partial charge in [-0.3, -0.25) is 14.5 Å². The van der Waals surface area contributed by atoms with E-state index in [1.165, 1.54) is 23.1 Å². The number of hydrogen-bond acceptors (Lipinski definition) is 6. The second-order valence-corrected chi connectivity index (χ2v) is 9.89. The number of alkyl halides is 2. The molecular weight excluding hydrogens is 496 g/mol. The number of benzene rings is 1. The lowest BCUT2D eigenvalue weighted by Gasteiger charge is -2.32. The number of hydrogen-bond donors (Lipinski definition) is 1. The monoisotopic (exact) mass is 516 g/mol. The minimum absolute atomic E-state index is 0.0147. The van der Waals surface area contributed by atoms with Crippen LogP contribution in [0.4, 0.5) is 28.2 Å². The van der Waals surface area contributed by atoms with Gasteiger partial charge in [-0.15, -0.1) is 0 Å². The van der Waals surface area contributed by atoms with E-state index in [1.807, 2.05) is 0 Å². The number of sulfone groups is 1. The number of urea groups is 1. The normalized spacial score (nSPS) is 15.1. The van der Waals surface area contributed by atoms with E-state index in [1.54, 1.807) is 5.32 Å². The zero-order valence-electron chi connectivity index (χ0n) is 18.1. The van der Waals surface area contributed by atoms with Crippen molar-refractivity contribution in [3.8, 4) is 0 Å². The summed E-state index contributed by atoms with van der Waals surface area (Å²) in [5.74, 6) is -4.52. The average Bonchev–Trinajstić information content (AvgIpc) is 2.81. The van der Waals surface area contributed by atoms with Gasteiger partial charge in [0.1, 0.15) is 17.5 Å². The van der Waals surface area contributed by atoms with Gasteiger partial charge in [0.05, 0.1) is 30.8 Å². The largest absolute Gasteiger partial charge is 0.344 e. The number of Topliss-reactive ketones (excluding diaryl/α,β-unsaturated/α-hetero) is 1. The summed E-state index contributed by atoms with van der Waals surface area (Å²) in [5.41, 5.74) is -0.248. The van der Waals surface area contributed by atoms with Gasteiger partial charge in [-0.05, 0) is 18.2 Å². The molecule has 1 aromatic heterocycles. The lowest BCUT2D eigenvalue weighted by molar-refractivity contribution is -0.131. The quantitative estimate of drug-likeness (QED) is 0.443. The van der Waals surface area contributed by atoms with Crippen molar-refractivity contribution in [2.75, 3.05) is 36.0 Å². The Morgan fingerprint density at radius 2 is 1.77 bits per heavy atom. The Bertz CT molecular complexity index is 1210. The molecule has 35 heavy (non-hydrogen) atoms. The molecule has 0 spiro atoms. The van der Waals surface area contributed by atoms with Crippen LogP contribution in [0.5, 0.6) is 0 Å². The lowest BCUT2D eigenvalue weighted by atomic mass is 10.1. The Hall–Kier alpha value is -3.55. The summed E-state index contributed by atoms with van der Waals surface area (Å²) in [4.78, 5) is 42.3. The Labute approximate surface area is 197 Å². The Morgan fingerprint density at radius 1 is 1.09 bits per heavy atom. The van der Waals surface area contributed by atoms with Gasteiger partial charge in [-0.25, -0.2) is 27.0 Å². The van der Waals surface area contributed by atoms with Crippen molar-refractivity contribution in [3.05, 3.63) is 59.3 Å². The van der Waals surface area contributed by atoms with E-state index >= 15 is 0 Å². The molecular formula is C21H20F4N4O5S. The van der Waals surface area contributed by atoms with E-state index in [2.05, 4.69) is 4.98 Å². The number of nitrogens with one attached hydrogen (secondary N) is 1. The predicted octanol–water partition coefficient (Wildman–Crippen LogP) is 1.78. The van der Waals surface area contributed by atoms with Crippen LogP contribution in [0.25, 0.3) is 0 Å². The topological polar surface area (TPSA) is 117 Å². The molecule has 0 atom stereocenters. The summed E-state index contributed by atoms with van der Waals surface area (Å²) in [6.45, 7) is -1.31. The molecule has 0 bridgehead atoms. The zero-order chi connectivity index (χ0) is 25.8. The van der Waals surface area contributed by atoms with Crippen molar-refractivity contribution >= 4 is 33.4 Å². The molecule has 0 aliphatic carbocycles. The Kier molecular flexibility index (Phi) is 8.04. The third kappa shape index (κ3) is 6.74. The van der Waals surface area contributed by atoms with Crippen molar-refractivity contribution in [1.29, 1.82) is 0 Å². The van der Waals surface area contributed by atoms with Crippen LogP contribution in [-0.2, 0) is 21.2 Å². The van der Waals surface area contributed by atoms with Crippen LogP contribution in [-0.4, -0.2) is 73.6 Å². The molecule has 1 N–H and O–H groups in total. The highest BCUT2D eigenvalue weighted by molar-refractivity contribution is 7.91. The minimum atomic E-state index is -3.30. The summed E-state index contributed by atoms with van der Waals surface area (Å²) in [6, 6.07) is 4.81. The molecule has 3 amide bonds. The molecule has 3 rings (SSSR count). The number of rotatable bonds is 7. The smallest absolute Gasteiger partial charge is 0.326 e. The number of ketones is 1. The second kappa shape index (κ2) is 10.8. The minimum Gasteiger partial charge on any atom is -0.344 e. The van der Waals surface area contributed by atoms with Crippen LogP contribution < -0.4 is 10.2 Å². The van der Waals surface area contributed by atoms with E-state index in [0.29, 0.717) is 0 Å². The molecule has 1 saturated heterocycles. The number of amides is 3. The maximum Gasteiger partial charge on any atom is 0.326 e. The van der Waals surface area contributed by atoms with Crippen LogP contribution in [0.15, 0.2) is 36.5 Å². The van der Waals surface area contributed by atoms with Crippen molar-refractivity contribution in [3.63, 3.8) is 0 Å². The molecule has 1 aliphatic rings. The van der Waals surface area contributed by atoms with Gasteiger partial charge in [0.2, 0.25) is 0 Å². The van der Waals surface area contributed by atoms with Crippen LogP contribution >= 0.6 is 0 Å². The molecule has 188 valence electrons. The highest BCUT2D eigenvalue weighted by Crippen LogP contribution is 2.21. The third-order valence-corrected chi connectivity index (χ3v) is 6.77. The summed E-state index contributed by atoms with van der Waals surface area (Å²) in [5, 5.41) is 1.73. The predicted molar refractivity (Wildman–Crippen MR) is 116 cm³/mol. The molecule has 2 aromatic rings. The first kappa shape index (κ1) is 26.1. The first-order valence-electron chi connectivity index (χ1n) is 10.2. The standard InChI is InChI=1S/C21H20F4N4O5S/c22-15-3-4-18(26-10-15)29(21(32)28-5-7-35(33,34)8-6-28)12-14-2-1-13(9-16(14)23)17(30)11-27-20(31)19(24)25/h1-4,9-10,19H,5-8,11-12H2,(H,27,31). The number of anilines is 1. The van der Waals surface area contributed by atoms with Crippen LogP contribution in [0.2, 0.25) is 0 Å². The summed E-state index contributed by atoms with van der Waals surface area (Å²) < 4.78 is 76.0. The summed E-state index contributed by atoms with van der Waals surface area (Å²) in [7, 11) is -3.28. The van der Waals surface area contributed by atoms with Crippen LogP contribution in [0.1, 0.15) is 15.9 Å². The second-order valence-electron chi connectivity index (χ2n) is 7.59. The van der Waals surface area contributed by atoms with E-state index in [4.69, 9.17) is 0 Å². The maximum atomic E-state index is 14.8. The molecule has 1 fully saturated rings. The van der Waals surface area contributed by atoms with E-state index in [9.17, 15) is 40.4 Å². The number of nitrogens with zero attached hydrogens (tertiary/aromatic N) is 3. The van der Waals surface area contributed by atoms with Crippen molar-refractivity contribution in [2.24, 2.45) is 0 Å². The summed E-state index contributed by atoms with van der Waals surface area (Å²) >= 11 is 0. The molecule has 2 heterocycles. The van der Waals surface area contributed by atoms with Gasteiger partial charge in [0, 0.05) is 24.2 Å². The van der Waals surface area contributed by atoms with E-state index in [-0.39, 0.29) is 48.1 Å². The fraction of sp³-hybridized carbons (Fsp3) is 0.333. The number of carbonyl (C=O) groups is 3. The van der Waals surface area contributed by atoms with Crippen LogP contribution in [0, 0.1) is 11.6 Å². The number of halogens is 4. The average molecular weight is 516 g/mol. The van der Waals surface area contributed by atoms with Gasteiger partial charge in [0.25, 0.3) is 5.91 Å². The Morgan fingerprint density at radius 3 is 2.34 bits per heavy atom. The molecule has 14 heteroatoms. The first-order valence-corrected chi connectivity index (χ1v) is 12.0. The van der Waals surface area contributed by atoms with Crippen LogP contribution in [0.3, 0.4) is 0 Å². The number of aromatic nitrogens is 1. The van der Waals surface area contributed by atoms with Gasteiger partial charge >= 0.3 is 12.5 Å². The third-order valence-electron chi connectivity index (χ3n) is 5.16. The molecule has 1 aromatic carbocycles. The fourth-order valence-electron chi connectivity index (χ4n) is 3.21. The van der Waals surface area contributed by atoms with Gasteiger partial charge in [0.15, 0.2) is 15.6 Å². The molecule has 0 unspecified atom stereocenters. The fourth-order valence-corrected chi connectivity index (χ4v) is 4.42. The molecule has 0 radical (unpaired) electrons. The molecule has 9 nitrogen and oxygen atoms in total. The van der Waals surface area contributed by atoms with Crippen molar-refractivity contribution in [2.45, 2.75) is 13.0 Å². The molecule has 1 aliphatic heterocycles. The number of carbonyl (C=O) groups excluding carboxylic acids is 3. The highest BCUT2D eigenvalue weighted by Gasteiger charge is 2.30. The maximum absolute atomic E-state index is 14.8. The van der Waals surface area contributed by atoms with Gasteiger partial charge in [-0.1, -0.05) is 12.1 Å². The summed E-state index contributed by atoms with van der Waals surface area (Å²) in [6.07, 6.45) is -2.44. The van der Waals surface area contributed by atoms with Gasteiger partial charge in [-0.2, -0.15) is 8.78 Å². The SMILES string of the molecule is O=C(CNC(=O)C(F)F)c1ccc(CN(C(=O)N2CCS(=O)(=O)CC2)c2ccc(F)cn2)c(F)c1. The number of pyridine rings is 1. The van der Waals surface area contributed by atoms with Crippen molar-refractivity contribution in [1.82, 2.24) is 15.2 Å². The zero-order valence-corrected chi connectivity index (χ0v) is 18.9.